The zero-order valence-electron chi connectivity index (χ0n) is 24.4. The molecule has 13 heteroatoms. The summed E-state index contributed by atoms with van der Waals surface area (Å²) in [5.41, 5.74) is -0.165. The van der Waals surface area contributed by atoms with Gasteiger partial charge in [-0.1, -0.05) is 12.1 Å². The highest BCUT2D eigenvalue weighted by Gasteiger charge is 2.56. The topological polar surface area (TPSA) is 150 Å². The summed E-state index contributed by atoms with van der Waals surface area (Å²) in [6.07, 6.45) is 0.911. The Morgan fingerprint density at radius 3 is 2.48 bits per heavy atom. The molecule has 5 rings (SSSR count). The highest BCUT2D eigenvalue weighted by atomic mass is 16.8. The van der Waals surface area contributed by atoms with Crippen molar-refractivity contribution in [2.24, 2.45) is 5.41 Å². The van der Waals surface area contributed by atoms with Crippen LogP contribution in [0.25, 0.3) is 11.2 Å². The van der Waals surface area contributed by atoms with Gasteiger partial charge in [0.05, 0.1) is 30.5 Å². The number of ketones is 1. The average molecular weight is 583 g/mol. The Kier molecular flexibility index (Phi) is 7.77. The Morgan fingerprint density at radius 1 is 1.05 bits per heavy atom. The summed E-state index contributed by atoms with van der Waals surface area (Å²) >= 11 is 0. The lowest BCUT2D eigenvalue weighted by Crippen LogP contribution is -2.30. The van der Waals surface area contributed by atoms with Gasteiger partial charge in [0.2, 0.25) is 0 Å². The van der Waals surface area contributed by atoms with Crippen LogP contribution in [0.5, 0.6) is 0 Å². The summed E-state index contributed by atoms with van der Waals surface area (Å²) in [5.74, 6) is -2.04. The smallest absolute Gasteiger partial charge is 0.337 e. The number of esters is 2. The first kappa shape index (κ1) is 29.5. The van der Waals surface area contributed by atoms with Gasteiger partial charge in [-0.05, 0) is 53.2 Å². The minimum atomic E-state index is -0.901. The monoisotopic (exact) mass is 582 g/mol. The molecule has 0 bridgehead atoms. The number of benzene rings is 1. The van der Waals surface area contributed by atoms with Gasteiger partial charge in [0.1, 0.15) is 18.5 Å². The van der Waals surface area contributed by atoms with E-state index in [9.17, 15) is 19.2 Å². The van der Waals surface area contributed by atoms with Gasteiger partial charge < -0.3 is 23.7 Å². The number of carbonyl (C=O) groups excluding carboxylic acids is 3. The van der Waals surface area contributed by atoms with Crippen molar-refractivity contribution in [3.05, 3.63) is 58.4 Å². The number of methoxy groups -OCH3 is 1. The molecule has 4 heterocycles. The summed E-state index contributed by atoms with van der Waals surface area (Å²) in [7, 11) is 1.28. The van der Waals surface area contributed by atoms with Gasteiger partial charge in [-0.25, -0.2) is 14.8 Å². The van der Waals surface area contributed by atoms with E-state index in [0.717, 1.165) is 0 Å². The van der Waals surface area contributed by atoms with Crippen molar-refractivity contribution in [2.45, 2.75) is 84.5 Å². The maximum atomic E-state index is 13.1. The molecule has 0 aliphatic carbocycles. The van der Waals surface area contributed by atoms with Gasteiger partial charge in [0, 0.05) is 12.0 Å². The second kappa shape index (κ2) is 11.0. The van der Waals surface area contributed by atoms with E-state index in [4.69, 9.17) is 23.7 Å². The molecule has 2 saturated heterocycles. The van der Waals surface area contributed by atoms with Gasteiger partial charge in [-0.15, -0.1) is 0 Å². The minimum absolute atomic E-state index is 0.0757. The number of aromatic nitrogens is 4. The molecule has 1 aromatic carbocycles. The number of fused-ring (bicyclic) bond motifs is 2. The number of hydrogen-bond acceptors (Lipinski definition) is 11. The second-order valence-corrected chi connectivity index (χ2v) is 11.8. The molecule has 0 amide bonds. The maximum absolute atomic E-state index is 13.1. The first-order chi connectivity index (χ1) is 19.8. The fourth-order valence-corrected chi connectivity index (χ4v) is 5.04. The average Bonchev–Trinajstić information content (AvgIpc) is 3.61. The largest absolute Gasteiger partial charge is 0.465 e. The normalized spacial score (nSPS) is 23.1. The molecule has 2 fully saturated rings. The molecular weight excluding hydrogens is 548 g/mol. The van der Waals surface area contributed by atoms with Crippen LogP contribution in [0, 0.1) is 5.41 Å². The van der Waals surface area contributed by atoms with E-state index in [1.54, 1.807) is 57.4 Å². The van der Waals surface area contributed by atoms with Gasteiger partial charge in [-0.3, -0.25) is 23.5 Å². The van der Waals surface area contributed by atoms with E-state index in [1.165, 1.54) is 30.4 Å². The number of carbonyl (C=O) groups is 3. The van der Waals surface area contributed by atoms with Crippen LogP contribution in [0.15, 0.2) is 41.7 Å². The Labute approximate surface area is 241 Å². The Morgan fingerprint density at radius 2 is 1.76 bits per heavy atom. The minimum Gasteiger partial charge on any atom is -0.465 e. The zero-order chi connectivity index (χ0) is 30.4. The summed E-state index contributed by atoms with van der Waals surface area (Å²) in [6, 6.07) is 6.37. The van der Waals surface area contributed by atoms with Crippen LogP contribution in [-0.2, 0) is 35.2 Å². The van der Waals surface area contributed by atoms with E-state index >= 15 is 0 Å². The summed E-state index contributed by atoms with van der Waals surface area (Å²) in [6.45, 7) is 8.46. The molecule has 224 valence electrons. The van der Waals surface area contributed by atoms with E-state index < -0.39 is 53.2 Å². The predicted octanol–water partition coefficient (Wildman–Crippen LogP) is 3.01. The van der Waals surface area contributed by atoms with Crippen molar-refractivity contribution in [3.8, 4) is 0 Å². The van der Waals surface area contributed by atoms with Crippen LogP contribution < -0.4 is 5.56 Å². The number of ether oxygens (including phenoxy) is 5. The lowest BCUT2D eigenvalue weighted by molar-refractivity contribution is -0.196. The van der Waals surface area contributed by atoms with Crippen molar-refractivity contribution in [3.63, 3.8) is 0 Å². The third kappa shape index (κ3) is 5.72. The van der Waals surface area contributed by atoms with E-state index in [1.807, 2.05) is 0 Å². The lowest BCUT2D eigenvalue weighted by Gasteiger charge is -2.24. The molecule has 2 aliphatic rings. The van der Waals surface area contributed by atoms with Crippen LogP contribution in [-0.4, -0.2) is 68.0 Å². The molecule has 0 radical (unpaired) electrons. The summed E-state index contributed by atoms with van der Waals surface area (Å²) < 4.78 is 31.5. The van der Waals surface area contributed by atoms with Crippen LogP contribution in [0.2, 0.25) is 0 Å². The lowest BCUT2D eigenvalue weighted by atomic mass is 9.98. The summed E-state index contributed by atoms with van der Waals surface area (Å²) in [4.78, 5) is 58.8. The van der Waals surface area contributed by atoms with Crippen molar-refractivity contribution >= 4 is 28.9 Å². The number of nitrogens with zero attached hydrogens (tertiary/aromatic N) is 4. The quantitative estimate of drug-likeness (QED) is 0.285. The fourth-order valence-electron chi connectivity index (χ4n) is 5.04. The van der Waals surface area contributed by atoms with Crippen molar-refractivity contribution in [1.29, 1.82) is 0 Å². The first-order valence-corrected chi connectivity index (χ1v) is 13.6. The van der Waals surface area contributed by atoms with Gasteiger partial charge in [0.25, 0.3) is 5.56 Å². The predicted molar refractivity (Wildman–Crippen MR) is 146 cm³/mol. The Balaban J connectivity index is 1.34. The highest BCUT2D eigenvalue weighted by Crippen LogP contribution is 2.44. The van der Waals surface area contributed by atoms with E-state index in [-0.39, 0.29) is 30.1 Å². The molecule has 13 nitrogen and oxygen atoms in total. The SMILES string of the molecule is COC(=O)c1cccc(C(=O)CC[C@H]2O[C@@H](n3cnc4c(=O)n(COC(=O)C(C)(C)C)cnc43)[C@@H]3OC(C)(C)O[C@@H]32)c1. The molecule has 0 unspecified atom stereocenters. The van der Waals surface area contributed by atoms with Crippen LogP contribution in [0.4, 0.5) is 0 Å². The van der Waals surface area contributed by atoms with Crippen molar-refractivity contribution in [1.82, 2.24) is 19.1 Å². The number of rotatable bonds is 8. The molecule has 2 aromatic heterocycles. The molecular formula is C29H34N4O9. The van der Waals surface area contributed by atoms with Crippen LogP contribution in [0.3, 0.4) is 0 Å². The Hall–Kier alpha value is -3.94. The highest BCUT2D eigenvalue weighted by molar-refractivity contribution is 5.99. The van der Waals surface area contributed by atoms with Crippen LogP contribution in [0.1, 0.15) is 74.4 Å². The number of Topliss-reactive ketones (excluding diaryl/α,β-unsaturated/α-hetero) is 1. The summed E-state index contributed by atoms with van der Waals surface area (Å²) in [5, 5.41) is 0. The van der Waals surface area contributed by atoms with Crippen molar-refractivity contribution in [2.75, 3.05) is 7.11 Å². The first-order valence-electron chi connectivity index (χ1n) is 13.6. The third-order valence-electron chi connectivity index (χ3n) is 7.16. The van der Waals surface area contributed by atoms with Gasteiger partial charge >= 0.3 is 11.9 Å². The molecule has 42 heavy (non-hydrogen) atoms. The number of hydrogen-bond donors (Lipinski definition) is 0. The maximum Gasteiger partial charge on any atom is 0.337 e. The molecule has 4 atom stereocenters. The Bertz CT molecular complexity index is 1590. The molecule has 0 saturated carbocycles. The molecule has 3 aromatic rings. The van der Waals surface area contributed by atoms with Crippen molar-refractivity contribution < 1.29 is 38.1 Å². The van der Waals surface area contributed by atoms with Crippen LogP contribution >= 0.6 is 0 Å². The number of imidazole rings is 1. The zero-order valence-corrected chi connectivity index (χ0v) is 24.4. The molecule has 0 N–H and O–H groups in total. The van der Waals surface area contributed by atoms with Gasteiger partial charge in [0.15, 0.2) is 35.7 Å². The standard InChI is InChI=1S/C29H34N4O9/c1-28(2,3)27(37)39-15-32-13-31-23-20(24(32)35)30-14-33(23)25-22-21(41-29(4,5)42-22)19(40-25)11-10-18(34)16-8-7-9-17(12-16)26(36)38-6/h7-9,12-14,19,21-22,25H,10-11,15H2,1-6H3/t19-,21-,22-,25-/m1/s1. The van der Waals surface area contributed by atoms with Gasteiger partial charge in [-0.2, -0.15) is 0 Å². The second-order valence-electron chi connectivity index (χ2n) is 11.8. The third-order valence-corrected chi connectivity index (χ3v) is 7.16. The molecule has 0 spiro atoms. The van der Waals surface area contributed by atoms with E-state index in [2.05, 4.69) is 9.97 Å². The fraction of sp³-hybridized carbons (Fsp3) is 0.517. The molecule has 2 aliphatic heterocycles. The van der Waals surface area contributed by atoms with E-state index in [0.29, 0.717) is 17.5 Å².